The average Bonchev–Trinajstić information content (AvgIpc) is 2.04. The van der Waals surface area contributed by atoms with Crippen molar-refractivity contribution in [1.82, 2.24) is 0 Å². The fourth-order valence-corrected chi connectivity index (χ4v) is 0.856. The summed E-state index contributed by atoms with van der Waals surface area (Å²) in [5.41, 5.74) is -0.380. The summed E-state index contributed by atoms with van der Waals surface area (Å²) >= 11 is 0. The molecule has 5 nitrogen and oxygen atoms in total. The van der Waals surface area contributed by atoms with E-state index >= 15 is 0 Å². The van der Waals surface area contributed by atoms with Crippen molar-refractivity contribution >= 4 is 35.0 Å². The monoisotopic (exact) mass is 210 g/mol. The van der Waals surface area contributed by atoms with Crippen LogP contribution in [0.3, 0.4) is 0 Å². The molecule has 0 atom stereocenters. The van der Waals surface area contributed by atoms with Crippen LogP contribution in [0.2, 0.25) is 0 Å². The third-order valence-corrected chi connectivity index (χ3v) is 1.39. The topological polar surface area (TPSA) is 106 Å². The molecule has 0 aliphatic heterocycles. The predicted octanol–water partition coefficient (Wildman–Crippen LogP) is 0.102. The number of aromatic carboxylic acids is 2. The second-order valence-corrected chi connectivity index (χ2v) is 2.16. The van der Waals surface area contributed by atoms with E-state index < -0.39 is 11.9 Å². The van der Waals surface area contributed by atoms with Gasteiger partial charge in [0.2, 0.25) is 0 Å². The number of hydrogen-bond acceptors (Lipinski definition) is 2. The van der Waals surface area contributed by atoms with Crippen LogP contribution in [-0.2, 0) is 0 Å². The van der Waals surface area contributed by atoms with Crippen molar-refractivity contribution in [3.63, 3.8) is 0 Å². The van der Waals surface area contributed by atoms with Gasteiger partial charge in [-0.2, -0.15) is 0 Å². The van der Waals surface area contributed by atoms with Crippen LogP contribution < -0.4 is 0 Å². The molecule has 0 heterocycles. The SMILES string of the molecule is O.O=C(O)c1ccccc1C(=O)O.[H-].[H-].[Mg+2]. The van der Waals surface area contributed by atoms with Gasteiger partial charge in [-0.3, -0.25) is 0 Å². The van der Waals surface area contributed by atoms with Gasteiger partial charge in [0.1, 0.15) is 0 Å². The van der Waals surface area contributed by atoms with Crippen molar-refractivity contribution < 1.29 is 28.1 Å². The summed E-state index contributed by atoms with van der Waals surface area (Å²) in [6, 6.07) is 5.48. The van der Waals surface area contributed by atoms with Gasteiger partial charge in [-0.25, -0.2) is 9.59 Å². The molecule has 0 fully saturated rings. The largest absolute Gasteiger partial charge is 2.00 e. The van der Waals surface area contributed by atoms with E-state index in [0.29, 0.717) is 0 Å². The molecule has 0 saturated heterocycles. The Morgan fingerprint density at radius 1 is 1.00 bits per heavy atom. The number of rotatable bonds is 2. The Labute approximate surface area is 98.8 Å². The maximum Gasteiger partial charge on any atom is 2.00 e. The molecule has 74 valence electrons. The Bertz CT molecular complexity index is 312. The third-order valence-electron chi connectivity index (χ3n) is 1.39. The van der Waals surface area contributed by atoms with Gasteiger partial charge < -0.3 is 18.5 Å². The molecule has 0 aliphatic rings. The zero-order valence-corrected chi connectivity index (χ0v) is 8.64. The summed E-state index contributed by atoms with van der Waals surface area (Å²) in [5.74, 6) is -2.46. The number of carboxylic acid groups (broad SMARTS) is 2. The number of carbonyl (C=O) groups is 2. The molecular weight excluding hydrogens is 200 g/mol. The van der Waals surface area contributed by atoms with E-state index in [1.165, 1.54) is 24.3 Å². The molecule has 0 aromatic heterocycles. The van der Waals surface area contributed by atoms with Crippen molar-refractivity contribution in [3.8, 4) is 0 Å². The van der Waals surface area contributed by atoms with Gasteiger partial charge in [0, 0.05) is 0 Å². The molecule has 0 radical (unpaired) electrons. The van der Waals surface area contributed by atoms with Crippen molar-refractivity contribution in [3.05, 3.63) is 35.4 Å². The van der Waals surface area contributed by atoms with Gasteiger partial charge >= 0.3 is 35.0 Å². The Balaban J connectivity index is -0.000000180. The molecule has 0 amide bonds. The summed E-state index contributed by atoms with van der Waals surface area (Å²) in [6.45, 7) is 0. The van der Waals surface area contributed by atoms with Gasteiger partial charge in [0.25, 0.3) is 0 Å². The molecule has 1 rings (SSSR count). The average molecular weight is 210 g/mol. The van der Waals surface area contributed by atoms with Gasteiger partial charge in [-0.05, 0) is 12.1 Å². The van der Waals surface area contributed by atoms with Crippen molar-refractivity contribution in [2.75, 3.05) is 0 Å². The van der Waals surface area contributed by atoms with Crippen LogP contribution in [0.4, 0.5) is 0 Å². The number of benzene rings is 1. The quantitative estimate of drug-likeness (QED) is 0.675. The third kappa shape index (κ3) is 3.33. The van der Waals surface area contributed by atoms with Crippen molar-refractivity contribution in [2.24, 2.45) is 0 Å². The summed E-state index contributed by atoms with van der Waals surface area (Å²) in [5, 5.41) is 17.1. The molecule has 0 aliphatic carbocycles. The second kappa shape index (κ2) is 6.36. The fourth-order valence-electron chi connectivity index (χ4n) is 0.856. The van der Waals surface area contributed by atoms with Crippen molar-refractivity contribution in [1.29, 1.82) is 0 Å². The number of hydrogen-bond donors (Lipinski definition) is 2. The van der Waals surface area contributed by atoms with Crippen LogP contribution in [0, 0.1) is 0 Å². The number of carboxylic acids is 2. The fraction of sp³-hybridized carbons (Fsp3) is 0. The van der Waals surface area contributed by atoms with Gasteiger partial charge in [-0.15, -0.1) is 0 Å². The minimum Gasteiger partial charge on any atom is -1.00 e. The molecule has 4 N–H and O–H groups in total. The van der Waals surface area contributed by atoms with Gasteiger partial charge in [0.05, 0.1) is 11.1 Å². The Morgan fingerprint density at radius 3 is 1.50 bits per heavy atom. The predicted molar refractivity (Wildman–Crippen MR) is 52.0 cm³/mol. The van der Waals surface area contributed by atoms with E-state index in [1.54, 1.807) is 0 Å². The molecule has 0 bridgehead atoms. The Kier molecular flexibility index (Phi) is 6.98. The summed E-state index contributed by atoms with van der Waals surface area (Å²) in [4.78, 5) is 20.9. The van der Waals surface area contributed by atoms with E-state index in [1.807, 2.05) is 0 Å². The Morgan fingerprint density at radius 2 is 1.29 bits per heavy atom. The molecule has 0 unspecified atom stereocenters. The van der Waals surface area contributed by atoms with E-state index in [-0.39, 0.29) is 42.5 Å². The van der Waals surface area contributed by atoms with Gasteiger partial charge in [-0.1, -0.05) is 12.1 Å². The molecule has 0 spiro atoms. The van der Waals surface area contributed by atoms with Crippen LogP contribution in [0.1, 0.15) is 23.6 Å². The van der Waals surface area contributed by atoms with Crippen molar-refractivity contribution in [2.45, 2.75) is 0 Å². The standard InChI is InChI=1S/C8H6O4.Mg.H2O.2H/c9-7(10)5-3-1-2-4-6(5)8(11)12;;;;/h1-4H,(H,9,10)(H,11,12);;1H2;;/q;+2;;2*-1. The molecule has 6 heteroatoms. The van der Waals surface area contributed by atoms with Crippen LogP contribution in [0.25, 0.3) is 0 Å². The first-order valence-electron chi connectivity index (χ1n) is 3.18. The van der Waals surface area contributed by atoms with E-state index in [4.69, 9.17) is 10.2 Å². The minimum absolute atomic E-state index is 0. The van der Waals surface area contributed by atoms with E-state index in [0.717, 1.165) is 0 Å². The first kappa shape index (κ1) is 15.4. The van der Waals surface area contributed by atoms with Crippen LogP contribution in [-0.4, -0.2) is 50.7 Å². The maximum absolute atomic E-state index is 10.5. The zero-order chi connectivity index (χ0) is 9.14. The van der Waals surface area contributed by atoms with E-state index in [2.05, 4.69) is 0 Å². The molecule has 1 aromatic carbocycles. The first-order valence-corrected chi connectivity index (χ1v) is 3.18. The summed E-state index contributed by atoms with van der Waals surface area (Å²) in [6.07, 6.45) is 0. The van der Waals surface area contributed by atoms with Crippen LogP contribution >= 0.6 is 0 Å². The van der Waals surface area contributed by atoms with Crippen LogP contribution in [0.5, 0.6) is 0 Å². The van der Waals surface area contributed by atoms with Crippen LogP contribution in [0.15, 0.2) is 24.3 Å². The van der Waals surface area contributed by atoms with E-state index in [9.17, 15) is 9.59 Å². The summed E-state index contributed by atoms with van der Waals surface area (Å²) in [7, 11) is 0. The normalized spacial score (nSPS) is 8.00. The molecule has 14 heavy (non-hydrogen) atoms. The minimum atomic E-state index is -1.23. The summed E-state index contributed by atoms with van der Waals surface area (Å²) < 4.78 is 0. The smallest absolute Gasteiger partial charge is 1.00 e. The zero-order valence-electron chi connectivity index (χ0n) is 9.23. The maximum atomic E-state index is 10.5. The first-order chi connectivity index (χ1) is 5.63. The molecule has 0 saturated carbocycles. The molecule has 1 aromatic rings. The second-order valence-electron chi connectivity index (χ2n) is 2.16. The van der Waals surface area contributed by atoms with Gasteiger partial charge in [0.15, 0.2) is 0 Å². The Hall–Kier alpha value is -1.11. The molecular formula is C8H10MgO5.